The summed E-state index contributed by atoms with van der Waals surface area (Å²) in [6.45, 7) is 0. The van der Waals surface area contributed by atoms with E-state index in [4.69, 9.17) is 11.6 Å². The first kappa shape index (κ1) is 20.1. The van der Waals surface area contributed by atoms with Crippen molar-refractivity contribution in [3.63, 3.8) is 0 Å². The number of hydrogen-bond acceptors (Lipinski definition) is 5. The van der Waals surface area contributed by atoms with Crippen molar-refractivity contribution in [1.82, 2.24) is 0 Å². The van der Waals surface area contributed by atoms with Crippen LogP contribution in [0.5, 0.6) is 5.75 Å². The molecule has 0 radical (unpaired) electrons. The quantitative estimate of drug-likeness (QED) is 0.425. The van der Waals surface area contributed by atoms with E-state index in [-0.39, 0.29) is 11.4 Å². The molecule has 0 fully saturated rings. The molecule has 0 spiro atoms. The smallest absolute Gasteiger partial charge is 0.469 e. The predicted octanol–water partition coefficient (Wildman–Crippen LogP) is 3.95. The summed E-state index contributed by atoms with van der Waals surface area (Å²) >= 11 is 6.02. The van der Waals surface area contributed by atoms with Crippen LogP contribution < -0.4 is 4.18 Å². The molecule has 2 rings (SSSR count). The molecule has 140 valence electrons. The lowest BCUT2D eigenvalue weighted by atomic mass is 10.0. The Hall–Kier alpha value is -2.26. The van der Waals surface area contributed by atoms with Gasteiger partial charge in [-0.1, -0.05) is 35.9 Å². The molecule has 0 unspecified atom stereocenters. The maximum absolute atomic E-state index is 12.3. The Balaban J connectivity index is 2.23. The highest BCUT2D eigenvalue weighted by Crippen LogP contribution is 2.33. The molecule has 0 amide bonds. The van der Waals surface area contributed by atoms with E-state index in [1.165, 1.54) is 13.2 Å². The van der Waals surface area contributed by atoms with Crippen molar-refractivity contribution >= 4 is 27.7 Å². The summed E-state index contributed by atoms with van der Waals surface area (Å²) in [7, 11) is -4.49. The van der Waals surface area contributed by atoms with Crippen LogP contribution in [0.2, 0.25) is 5.02 Å². The number of ether oxygens (including phenoxy) is 1. The van der Waals surface area contributed by atoms with Gasteiger partial charge in [0.15, 0.2) is 0 Å². The van der Waals surface area contributed by atoms with Crippen LogP contribution in [0.4, 0.5) is 13.2 Å². The standard InChI is InChI=1S/C16H12ClF3O5S/c1-24-15(21)8-10-2-4-11(5-3-10)13-7-6-12(9-14(13)17)25-26(22,23)16(18,19)20/h2-7,9H,8H2,1H3. The van der Waals surface area contributed by atoms with Crippen molar-refractivity contribution in [1.29, 1.82) is 0 Å². The number of rotatable bonds is 5. The largest absolute Gasteiger partial charge is 0.534 e. The maximum Gasteiger partial charge on any atom is 0.534 e. The number of methoxy groups -OCH3 is 1. The summed E-state index contributed by atoms with van der Waals surface area (Å²) in [6, 6.07) is 10.0. The van der Waals surface area contributed by atoms with Gasteiger partial charge in [0, 0.05) is 11.6 Å². The molecular weight excluding hydrogens is 397 g/mol. The van der Waals surface area contributed by atoms with Crippen molar-refractivity contribution < 1.29 is 35.3 Å². The lowest BCUT2D eigenvalue weighted by Gasteiger charge is -2.11. The molecule has 0 atom stereocenters. The SMILES string of the molecule is COC(=O)Cc1ccc(-c2ccc(OS(=O)(=O)C(F)(F)F)cc2Cl)cc1. The monoisotopic (exact) mass is 408 g/mol. The van der Waals surface area contributed by atoms with Gasteiger partial charge in [0.1, 0.15) is 5.75 Å². The van der Waals surface area contributed by atoms with E-state index in [0.29, 0.717) is 16.7 Å². The van der Waals surface area contributed by atoms with Gasteiger partial charge < -0.3 is 8.92 Å². The lowest BCUT2D eigenvalue weighted by molar-refractivity contribution is -0.139. The normalized spacial score (nSPS) is 11.9. The Kier molecular flexibility index (Phi) is 5.82. The Morgan fingerprint density at radius 3 is 2.23 bits per heavy atom. The number of hydrogen-bond donors (Lipinski definition) is 0. The minimum Gasteiger partial charge on any atom is -0.469 e. The van der Waals surface area contributed by atoms with E-state index >= 15 is 0 Å². The fourth-order valence-corrected chi connectivity index (χ4v) is 2.73. The van der Waals surface area contributed by atoms with Crippen molar-refractivity contribution in [2.24, 2.45) is 0 Å². The van der Waals surface area contributed by atoms with Crippen LogP contribution in [0.15, 0.2) is 42.5 Å². The zero-order chi connectivity index (χ0) is 19.5. The molecule has 26 heavy (non-hydrogen) atoms. The third-order valence-corrected chi connectivity index (χ3v) is 4.56. The predicted molar refractivity (Wildman–Crippen MR) is 88.2 cm³/mol. The zero-order valence-electron chi connectivity index (χ0n) is 13.2. The lowest BCUT2D eigenvalue weighted by Crippen LogP contribution is -2.28. The first-order valence-electron chi connectivity index (χ1n) is 7.00. The molecule has 0 aliphatic carbocycles. The van der Waals surface area contributed by atoms with Gasteiger partial charge in [-0.15, -0.1) is 0 Å². The minimum absolute atomic E-state index is 0.000549. The average Bonchev–Trinajstić information content (AvgIpc) is 2.54. The van der Waals surface area contributed by atoms with Crippen molar-refractivity contribution in [3.8, 4) is 16.9 Å². The Morgan fingerprint density at radius 2 is 1.73 bits per heavy atom. The van der Waals surface area contributed by atoms with Crippen LogP contribution in [-0.4, -0.2) is 27.0 Å². The van der Waals surface area contributed by atoms with Crippen molar-refractivity contribution in [2.75, 3.05) is 7.11 Å². The van der Waals surface area contributed by atoms with Gasteiger partial charge in [0.05, 0.1) is 18.6 Å². The second-order valence-corrected chi connectivity index (χ2v) is 7.02. The van der Waals surface area contributed by atoms with Crippen LogP contribution in [0.3, 0.4) is 0 Å². The third kappa shape index (κ3) is 4.67. The number of carbonyl (C=O) groups excluding carboxylic acids is 1. The van der Waals surface area contributed by atoms with E-state index in [2.05, 4.69) is 8.92 Å². The minimum atomic E-state index is -5.77. The second-order valence-electron chi connectivity index (χ2n) is 5.07. The molecule has 0 aromatic heterocycles. The number of alkyl halides is 3. The van der Waals surface area contributed by atoms with Gasteiger partial charge >= 0.3 is 21.6 Å². The van der Waals surface area contributed by atoms with Crippen LogP contribution in [0.25, 0.3) is 11.1 Å². The first-order valence-corrected chi connectivity index (χ1v) is 8.78. The van der Waals surface area contributed by atoms with Crippen LogP contribution in [0.1, 0.15) is 5.56 Å². The Labute approximate surface area is 152 Å². The average molecular weight is 409 g/mol. The molecule has 0 aliphatic rings. The van der Waals surface area contributed by atoms with Crippen LogP contribution in [0, 0.1) is 0 Å². The summed E-state index contributed by atoms with van der Waals surface area (Å²) in [6.07, 6.45) is 0.0899. The number of carbonyl (C=O) groups is 1. The van der Waals surface area contributed by atoms with Gasteiger partial charge in [0.25, 0.3) is 0 Å². The molecule has 0 saturated heterocycles. The van der Waals surface area contributed by atoms with Gasteiger partial charge in [-0.25, -0.2) is 0 Å². The summed E-state index contributed by atoms with van der Waals surface area (Å²) < 4.78 is 67.6. The zero-order valence-corrected chi connectivity index (χ0v) is 14.8. The Morgan fingerprint density at radius 1 is 1.12 bits per heavy atom. The molecule has 2 aromatic rings. The van der Waals surface area contributed by atoms with E-state index < -0.39 is 27.3 Å². The molecule has 0 N–H and O–H groups in total. The molecular formula is C16H12ClF3O5S. The molecule has 0 bridgehead atoms. The fraction of sp³-hybridized carbons (Fsp3) is 0.188. The fourth-order valence-electron chi connectivity index (χ4n) is 2.00. The molecule has 10 heteroatoms. The second kappa shape index (κ2) is 7.55. The van der Waals surface area contributed by atoms with E-state index in [1.54, 1.807) is 24.3 Å². The van der Waals surface area contributed by atoms with Gasteiger partial charge in [0.2, 0.25) is 0 Å². The highest BCUT2D eigenvalue weighted by atomic mass is 35.5. The molecule has 0 heterocycles. The highest BCUT2D eigenvalue weighted by Gasteiger charge is 2.48. The van der Waals surface area contributed by atoms with Crippen LogP contribution in [-0.2, 0) is 26.1 Å². The molecule has 0 saturated carbocycles. The highest BCUT2D eigenvalue weighted by molar-refractivity contribution is 7.88. The van der Waals surface area contributed by atoms with Crippen molar-refractivity contribution in [3.05, 3.63) is 53.1 Å². The van der Waals surface area contributed by atoms with Gasteiger partial charge in [-0.3, -0.25) is 4.79 Å². The number of esters is 1. The summed E-state index contributed by atoms with van der Waals surface area (Å²) in [4.78, 5) is 11.2. The van der Waals surface area contributed by atoms with Gasteiger partial charge in [-0.05, 0) is 23.3 Å². The van der Waals surface area contributed by atoms with E-state index in [9.17, 15) is 26.4 Å². The number of benzene rings is 2. The van der Waals surface area contributed by atoms with Crippen LogP contribution >= 0.6 is 11.6 Å². The van der Waals surface area contributed by atoms with Crippen molar-refractivity contribution in [2.45, 2.75) is 11.9 Å². The van der Waals surface area contributed by atoms with E-state index in [0.717, 1.165) is 12.1 Å². The molecule has 5 nitrogen and oxygen atoms in total. The molecule has 2 aromatic carbocycles. The summed E-state index contributed by atoms with van der Waals surface area (Å²) in [5.41, 5.74) is -3.76. The first-order chi connectivity index (χ1) is 12.0. The third-order valence-electron chi connectivity index (χ3n) is 3.27. The van der Waals surface area contributed by atoms with E-state index in [1.807, 2.05) is 0 Å². The molecule has 0 aliphatic heterocycles. The topological polar surface area (TPSA) is 69.7 Å². The number of halogens is 4. The Bertz CT molecular complexity index is 908. The summed E-state index contributed by atoms with van der Waals surface area (Å²) in [5.74, 6) is -0.957. The maximum atomic E-state index is 12.3. The van der Waals surface area contributed by atoms with Gasteiger partial charge in [-0.2, -0.15) is 21.6 Å². The summed E-state index contributed by atoms with van der Waals surface area (Å²) in [5, 5.41) is 0.000549.